The maximum atomic E-state index is 13.3. The molecule has 0 unspecified atom stereocenters. The number of hydrogen-bond donors (Lipinski definition) is 2. The average molecular weight is 502 g/mol. The van der Waals surface area contributed by atoms with E-state index in [1.165, 1.54) is 20.4 Å². The molecule has 0 bridgehead atoms. The first-order valence-corrected chi connectivity index (χ1v) is 11.4. The Kier molecular flexibility index (Phi) is 7.43. The van der Waals surface area contributed by atoms with E-state index in [2.05, 4.69) is 10.5 Å². The first kappa shape index (κ1) is 25.3. The monoisotopic (exact) mass is 501 g/mol. The van der Waals surface area contributed by atoms with Gasteiger partial charge in [-0.15, -0.1) is 0 Å². The van der Waals surface area contributed by atoms with Crippen molar-refractivity contribution in [3.05, 3.63) is 87.7 Å². The molecule has 9 nitrogen and oxygen atoms in total. The van der Waals surface area contributed by atoms with Gasteiger partial charge in [-0.05, 0) is 55.3 Å². The van der Waals surface area contributed by atoms with E-state index in [-0.39, 0.29) is 18.1 Å². The van der Waals surface area contributed by atoms with Crippen molar-refractivity contribution in [2.45, 2.75) is 13.8 Å². The molecule has 1 aromatic heterocycles. The molecule has 37 heavy (non-hydrogen) atoms. The van der Waals surface area contributed by atoms with Crippen LogP contribution in [0.1, 0.15) is 16.7 Å². The number of pyridine rings is 1. The quantitative estimate of drug-likeness (QED) is 0.280. The fourth-order valence-electron chi connectivity index (χ4n) is 3.85. The Bertz CT molecular complexity index is 1560. The van der Waals surface area contributed by atoms with Crippen molar-refractivity contribution in [3.8, 4) is 28.8 Å². The molecular weight excluding hydrogens is 474 g/mol. The molecule has 0 aliphatic heterocycles. The number of nitrogens with one attached hydrogen (secondary N) is 1. The van der Waals surface area contributed by atoms with Gasteiger partial charge >= 0.3 is 0 Å². The Morgan fingerprint density at radius 2 is 1.70 bits per heavy atom. The number of rotatable bonds is 8. The predicted molar refractivity (Wildman–Crippen MR) is 141 cm³/mol. The van der Waals surface area contributed by atoms with Crippen LogP contribution in [0.15, 0.2) is 70.6 Å². The molecule has 4 rings (SSSR count). The van der Waals surface area contributed by atoms with E-state index in [1.54, 1.807) is 48.5 Å². The summed E-state index contributed by atoms with van der Waals surface area (Å²) in [5, 5.41) is 16.0. The topological polar surface area (TPSA) is 111 Å². The third kappa shape index (κ3) is 5.25. The molecule has 0 saturated carbocycles. The van der Waals surface area contributed by atoms with E-state index in [4.69, 9.17) is 14.2 Å². The molecule has 2 N–H and O–H groups in total. The van der Waals surface area contributed by atoms with Crippen LogP contribution in [0.3, 0.4) is 0 Å². The van der Waals surface area contributed by atoms with Crippen LogP contribution >= 0.6 is 0 Å². The van der Waals surface area contributed by atoms with Crippen LogP contribution in [0.5, 0.6) is 23.1 Å². The Balaban J connectivity index is 1.64. The highest BCUT2D eigenvalue weighted by Gasteiger charge is 2.18. The number of methoxy groups -OCH3 is 2. The van der Waals surface area contributed by atoms with Crippen LogP contribution in [-0.2, 0) is 4.79 Å². The van der Waals surface area contributed by atoms with E-state index in [9.17, 15) is 14.7 Å². The lowest BCUT2D eigenvalue weighted by Gasteiger charge is -2.15. The number of carbonyl (C=O) groups excluding carboxylic acids is 1. The van der Waals surface area contributed by atoms with Crippen molar-refractivity contribution < 1.29 is 24.1 Å². The van der Waals surface area contributed by atoms with Gasteiger partial charge in [-0.1, -0.05) is 24.3 Å². The van der Waals surface area contributed by atoms with Crippen molar-refractivity contribution in [2.24, 2.45) is 5.10 Å². The third-order valence-corrected chi connectivity index (χ3v) is 5.96. The molecule has 0 radical (unpaired) electrons. The minimum absolute atomic E-state index is 0.238. The smallest absolute Gasteiger partial charge is 0.277 e. The molecule has 0 saturated heterocycles. The summed E-state index contributed by atoms with van der Waals surface area (Å²) in [7, 11) is 2.99. The predicted octanol–water partition coefficient (Wildman–Crippen LogP) is 3.86. The number of benzene rings is 3. The molecule has 0 atom stereocenters. The molecular formula is C28H27N3O6. The normalized spacial score (nSPS) is 11.0. The summed E-state index contributed by atoms with van der Waals surface area (Å²) in [4.78, 5) is 25.6. The Hall–Kier alpha value is -4.79. The number of carbonyl (C=O) groups is 1. The third-order valence-electron chi connectivity index (χ3n) is 5.96. The Labute approximate surface area is 213 Å². The van der Waals surface area contributed by atoms with Crippen LogP contribution in [-0.4, -0.2) is 42.6 Å². The summed E-state index contributed by atoms with van der Waals surface area (Å²) in [6.45, 7) is 3.72. The van der Waals surface area contributed by atoms with E-state index < -0.39 is 11.5 Å². The fraction of sp³-hybridized carbons (Fsp3) is 0.179. The van der Waals surface area contributed by atoms with Crippen molar-refractivity contribution >= 4 is 22.9 Å². The lowest BCUT2D eigenvalue weighted by Crippen LogP contribution is -2.25. The number of aromatic hydroxyl groups is 1. The van der Waals surface area contributed by atoms with E-state index in [1.807, 2.05) is 26.0 Å². The highest BCUT2D eigenvalue weighted by molar-refractivity contribution is 6.02. The fourth-order valence-corrected chi connectivity index (χ4v) is 3.85. The van der Waals surface area contributed by atoms with Crippen LogP contribution in [0.2, 0.25) is 0 Å². The van der Waals surface area contributed by atoms with Gasteiger partial charge in [0, 0.05) is 16.8 Å². The summed E-state index contributed by atoms with van der Waals surface area (Å²) in [5.41, 5.74) is 4.77. The molecule has 0 aliphatic carbocycles. The second-order valence-electron chi connectivity index (χ2n) is 8.29. The number of nitrogens with zero attached hydrogens (tertiary/aromatic N) is 2. The van der Waals surface area contributed by atoms with Crippen molar-refractivity contribution in [1.82, 2.24) is 9.99 Å². The van der Waals surface area contributed by atoms with Gasteiger partial charge in [0.15, 0.2) is 18.1 Å². The second kappa shape index (κ2) is 10.9. The first-order valence-electron chi connectivity index (χ1n) is 11.4. The van der Waals surface area contributed by atoms with Gasteiger partial charge in [0.05, 0.1) is 31.7 Å². The Morgan fingerprint density at radius 1 is 0.973 bits per heavy atom. The molecule has 4 aromatic rings. The van der Waals surface area contributed by atoms with E-state index in [0.29, 0.717) is 33.7 Å². The minimum Gasteiger partial charge on any atom is -0.494 e. The van der Waals surface area contributed by atoms with Gasteiger partial charge < -0.3 is 19.3 Å². The molecule has 1 heterocycles. The van der Waals surface area contributed by atoms with Crippen molar-refractivity contribution in [2.75, 3.05) is 20.8 Å². The zero-order chi connectivity index (χ0) is 26.5. The molecule has 3 aromatic carbocycles. The van der Waals surface area contributed by atoms with Gasteiger partial charge in [-0.3, -0.25) is 9.59 Å². The minimum atomic E-state index is -0.480. The highest BCUT2D eigenvalue weighted by atomic mass is 16.5. The maximum absolute atomic E-state index is 13.3. The Morgan fingerprint density at radius 3 is 2.41 bits per heavy atom. The van der Waals surface area contributed by atoms with Crippen LogP contribution in [0, 0.1) is 13.8 Å². The number of hydrazone groups is 1. The summed E-state index contributed by atoms with van der Waals surface area (Å²) < 4.78 is 17.3. The standard InChI is InChI=1S/C28H27N3O6/c1-17-9-11-20(13-18(17)2)37-16-26(32)30-29-15-23-21-7-5-6-8-22(21)27(33)31(28(23)34)19-10-12-24(35-3)25(14-19)36-4/h5-15,34H,16H2,1-4H3,(H,30,32)/b29-15+. The lowest BCUT2D eigenvalue weighted by atomic mass is 10.1. The number of fused-ring (bicyclic) bond motifs is 1. The highest BCUT2D eigenvalue weighted by Crippen LogP contribution is 2.32. The van der Waals surface area contributed by atoms with Crippen molar-refractivity contribution in [1.29, 1.82) is 0 Å². The summed E-state index contributed by atoms with van der Waals surface area (Å²) in [6, 6.07) is 17.2. The average Bonchev–Trinajstić information content (AvgIpc) is 2.91. The molecule has 0 fully saturated rings. The van der Waals surface area contributed by atoms with Crippen LogP contribution in [0.4, 0.5) is 0 Å². The number of hydrogen-bond acceptors (Lipinski definition) is 7. The molecule has 0 spiro atoms. The second-order valence-corrected chi connectivity index (χ2v) is 8.29. The number of aromatic nitrogens is 1. The molecule has 190 valence electrons. The lowest BCUT2D eigenvalue weighted by molar-refractivity contribution is -0.123. The van der Waals surface area contributed by atoms with Gasteiger partial charge in [-0.25, -0.2) is 9.99 Å². The number of aryl methyl sites for hydroxylation is 2. The summed E-state index contributed by atoms with van der Waals surface area (Å²) in [5.74, 6) is 0.623. The van der Waals surface area contributed by atoms with Gasteiger partial charge in [-0.2, -0.15) is 5.10 Å². The molecule has 0 aliphatic rings. The summed E-state index contributed by atoms with van der Waals surface area (Å²) in [6.07, 6.45) is 1.29. The molecule has 1 amide bonds. The number of ether oxygens (including phenoxy) is 3. The van der Waals surface area contributed by atoms with Crippen LogP contribution in [0.25, 0.3) is 16.5 Å². The zero-order valence-electron chi connectivity index (χ0n) is 20.9. The van der Waals surface area contributed by atoms with Gasteiger partial charge in [0.25, 0.3) is 11.5 Å². The molecule has 9 heteroatoms. The van der Waals surface area contributed by atoms with Crippen LogP contribution < -0.4 is 25.2 Å². The van der Waals surface area contributed by atoms with Gasteiger partial charge in [0.1, 0.15) is 5.75 Å². The maximum Gasteiger partial charge on any atom is 0.277 e. The number of amides is 1. The van der Waals surface area contributed by atoms with E-state index >= 15 is 0 Å². The van der Waals surface area contributed by atoms with Crippen molar-refractivity contribution in [3.63, 3.8) is 0 Å². The largest absolute Gasteiger partial charge is 0.494 e. The summed E-state index contributed by atoms with van der Waals surface area (Å²) >= 11 is 0. The first-order chi connectivity index (χ1) is 17.8. The van der Waals surface area contributed by atoms with Gasteiger partial charge in [0.2, 0.25) is 5.88 Å². The van der Waals surface area contributed by atoms with E-state index in [0.717, 1.165) is 15.7 Å². The zero-order valence-corrected chi connectivity index (χ0v) is 20.9. The SMILES string of the molecule is COc1ccc(-n2c(O)c(/C=N/NC(=O)COc3ccc(C)c(C)c3)c3ccccc3c2=O)cc1OC.